The van der Waals surface area contributed by atoms with Crippen LogP contribution in [0.15, 0.2) is 30.3 Å². The lowest BCUT2D eigenvalue weighted by molar-refractivity contribution is -0.133. The first-order valence-corrected chi connectivity index (χ1v) is 10.1. The van der Waals surface area contributed by atoms with Crippen molar-refractivity contribution in [2.75, 3.05) is 45.8 Å². The molecule has 2 rings (SSSR count). The normalized spacial score (nSPS) is 16.7. The summed E-state index contributed by atoms with van der Waals surface area (Å²) in [6.07, 6.45) is 0.943. The highest BCUT2D eigenvalue weighted by molar-refractivity contribution is 5.79. The molecule has 150 valence electrons. The molecule has 0 spiro atoms. The van der Waals surface area contributed by atoms with Crippen LogP contribution in [0.25, 0.3) is 0 Å². The van der Waals surface area contributed by atoms with Crippen molar-refractivity contribution in [2.24, 2.45) is 0 Å². The highest BCUT2D eigenvalue weighted by Crippen LogP contribution is 2.07. The molecule has 1 aromatic rings. The maximum atomic E-state index is 12.7. The van der Waals surface area contributed by atoms with E-state index in [1.807, 2.05) is 36.9 Å². The average molecular weight is 375 g/mol. The van der Waals surface area contributed by atoms with Gasteiger partial charge in [-0.25, -0.2) is 0 Å². The zero-order valence-corrected chi connectivity index (χ0v) is 17.0. The fraction of sp³-hybridized carbons (Fsp3) is 0.619. The second-order valence-electron chi connectivity index (χ2n) is 7.32. The van der Waals surface area contributed by atoms with Crippen molar-refractivity contribution in [1.29, 1.82) is 0 Å². The summed E-state index contributed by atoms with van der Waals surface area (Å²) in [6, 6.07) is 10.3. The van der Waals surface area contributed by atoms with Gasteiger partial charge in [0.05, 0.1) is 13.1 Å². The molecule has 1 fully saturated rings. The number of piperazine rings is 1. The SMILES string of the molecule is CCC(C)NC(=O)CN1CCN(CC(=O)N(CC)Cc2ccccc2)CC1. The Kier molecular flexibility index (Phi) is 8.75. The maximum absolute atomic E-state index is 12.7. The summed E-state index contributed by atoms with van der Waals surface area (Å²) < 4.78 is 0. The topological polar surface area (TPSA) is 55.9 Å². The van der Waals surface area contributed by atoms with Crippen LogP contribution in [-0.2, 0) is 16.1 Å². The zero-order valence-electron chi connectivity index (χ0n) is 17.0. The van der Waals surface area contributed by atoms with Crippen LogP contribution in [-0.4, -0.2) is 78.4 Å². The standard InChI is InChI=1S/C21H34N4O2/c1-4-18(3)22-20(26)16-23-11-13-24(14-12-23)17-21(27)25(5-2)15-19-9-7-6-8-10-19/h6-10,18H,4-5,11-17H2,1-3H3,(H,22,26). The van der Waals surface area contributed by atoms with Gasteiger partial charge in [0, 0.05) is 45.3 Å². The maximum Gasteiger partial charge on any atom is 0.237 e. The molecule has 1 atom stereocenters. The lowest BCUT2D eigenvalue weighted by atomic mass is 10.2. The molecule has 0 bridgehead atoms. The van der Waals surface area contributed by atoms with Gasteiger partial charge in [0.2, 0.25) is 11.8 Å². The van der Waals surface area contributed by atoms with Gasteiger partial charge in [-0.2, -0.15) is 0 Å². The summed E-state index contributed by atoms with van der Waals surface area (Å²) in [5.41, 5.74) is 1.16. The van der Waals surface area contributed by atoms with E-state index in [9.17, 15) is 9.59 Å². The quantitative estimate of drug-likeness (QED) is 0.713. The van der Waals surface area contributed by atoms with E-state index in [-0.39, 0.29) is 17.9 Å². The highest BCUT2D eigenvalue weighted by Gasteiger charge is 2.22. The molecular formula is C21H34N4O2. The summed E-state index contributed by atoms with van der Waals surface area (Å²) >= 11 is 0. The van der Waals surface area contributed by atoms with Crippen LogP contribution in [0.2, 0.25) is 0 Å². The van der Waals surface area contributed by atoms with Gasteiger partial charge in [-0.05, 0) is 25.8 Å². The Morgan fingerprint density at radius 1 is 1.04 bits per heavy atom. The second kappa shape index (κ2) is 11.0. The molecule has 1 aliphatic heterocycles. The average Bonchev–Trinajstić information content (AvgIpc) is 2.68. The van der Waals surface area contributed by atoms with Crippen LogP contribution in [0, 0.1) is 0 Å². The van der Waals surface area contributed by atoms with Gasteiger partial charge in [0.25, 0.3) is 0 Å². The first-order valence-electron chi connectivity index (χ1n) is 10.1. The molecule has 6 heteroatoms. The number of nitrogens with one attached hydrogen (secondary N) is 1. The van der Waals surface area contributed by atoms with E-state index in [4.69, 9.17) is 0 Å². The van der Waals surface area contributed by atoms with Crippen molar-refractivity contribution >= 4 is 11.8 Å². The monoisotopic (exact) mass is 374 g/mol. The molecule has 0 radical (unpaired) electrons. The van der Waals surface area contributed by atoms with Crippen LogP contribution in [0.1, 0.15) is 32.8 Å². The van der Waals surface area contributed by atoms with E-state index in [2.05, 4.69) is 34.2 Å². The van der Waals surface area contributed by atoms with E-state index in [0.717, 1.165) is 38.2 Å². The lowest BCUT2D eigenvalue weighted by Gasteiger charge is -2.35. The largest absolute Gasteiger partial charge is 0.353 e. The van der Waals surface area contributed by atoms with Crippen LogP contribution in [0.5, 0.6) is 0 Å². The number of carbonyl (C=O) groups is 2. The highest BCUT2D eigenvalue weighted by atomic mass is 16.2. The molecule has 1 aliphatic rings. The summed E-state index contributed by atoms with van der Waals surface area (Å²) in [5.74, 6) is 0.262. The van der Waals surface area contributed by atoms with E-state index >= 15 is 0 Å². The van der Waals surface area contributed by atoms with Crippen molar-refractivity contribution < 1.29 is 9.59 Å². The van der Waals surface area contributed by atoms with Crippen molar-refractivity contribution in [2.45, 2.75) is 39.8 Å². The number of carbonyl (C=O) groups excluding carboxylic acids is 2. The van der Waals surface area contributed by atoms with Gasteiger partial charge in [-0.3, -0.25) is 19.4 Å². The number of rotatable bonds is 9. The molecule has 1 saturated heterocycles. The van der Waals surface area contributed by atoms with Crippen molar-refractivity contribution in [3.8, 4) is 0 Å². The molecule has 6 nitrogen and oxygen atoms in total. The van der Waals surface area contributed by atoms with Gasteiger partial charge in [-0.15, -0.1) is 0 Å². The van der Waals surface area contributed by atoms with E-state index in [1.54, 1.807) is 0 Å². The Balaban J connectivity index is 1.74. The zero-order chi connectivity index (χ0) is 19.6. The fourth-order valence-corrected chi connectivity index (χ4v) is 3.20. The predicted molar refractivity (Wildman–Crippen MR) is 108 cm³/mol. The minimum Gasteiger partial charge on any atom is -0.353 e. The number of hydrogen-bond acceptors (Lipinski definition) is 4. The lowest BCUT2D eigenvalue weighted by Crippen LogP contribution is -2.52. The van der Waals surface area contributed by atoms with Crippen molar-refractivity contribution in [3.05, 3.63) is 35.9 Å². The Bertz CT molecular complexity index is 585. The number of amides is 2. The molecule has 1 unspecified atom stereocenters. The Hall–Kier alpha value is -1.92. The Labute approximate surface area is 163 Å². The number of likely N-dealkylation sites (N-methyl/N-ethyl adjacent to an activating group) is 1. The first-order chi connectivity index (χ1) is 13.0. The third kappa shape index (κ3) is 7.31. The van der Waals surface area contributed by atoms with E-state index in [1.165, 1.54) is 0 Å². The summed E-state index contributed by atoms with van der Waals surface area (Å²) in [4.78, 5) is 30.9. The van der Waals surface area contributed by atoms with Crippen LogP contribution < -0.4 is 5.32 Å². The van der Waals surface area contributed by atoms with E-state index in [0.29, 0.717) is 26.2 Å². The first kappa shape index (κ1) is 21.4. The molecule has 0 aromatic heterocycles. The number of nitrogens with zero attached hydrogens (tertiary/aromatic N) is 3. The molecule has 1 heterocycles. The molecule has 1 aromatic carbocycles. The van der Waals surface area contributed by atoms with Crippen LogP contribution in [0.4, 0.5) is 0 Å². The number of hydrogen-bond donors (Lipinski definition) is 1. The van der Waals surface area contributed by atoms with Crippen molar-refractivity contribution in [3.63, 3.8) is 0 Å². The van der Waals surface area contributed by atoms with Crippen molar-refractivity contribution in [1.82, 2.24) is 20.0 Å². The molecule has 2 amide bonds. The minimum absolute atomic E-state index is 0.0916. The van der Waals surface area contributed by atoms with Gasteiger partial charge >= 0.3 is 0 Å². The predicted octanol–water partition coefficient (Wildman–Crippen LogP) is 1.57. The summed E-state index contributed by atoms with van der Waals surface area (Å²) in [7, 11) is 0. The molecule has 0 saturated carbocycles. The van der Waals surface area contributed by atoms with Gasteiger partial charge in [0.1, 0.15) is 0 Å². The summed E-state index contributed by atoms with van der Waals surface area (Å²) in [5, 5.41) is 3.01. The second-order valence-corrected chi connectivity index (χ2v) is 7.32. The fourth-order valence-electron chi connectivity index (χ4n) is 3.20. The van der Waals surface area contributed by atoms with Gasteiger partial charge in [0.15, 0.2) is 0 Å². The van der Waals surface area contributed by atoms with Crippen LogP contribution >= 0.6 is 0 Å². The summed E-state index contributed by atoms with van der Waals surface area (Å²) in [6.45, 7) is 11.7. The molecule has 1 N–H and O–H groups in total. The molecule has 0 aliphatic carbocycles. The molecule has 27 heavy (non-hydrogen) atoms. The third-order valence-corrected chi connectivity index (χ3v) is 5.16. The third-order valence-electron chi connectivity index (χ3n) is 5.16. The van der Waals surface area contributed by atoms with Crippen LogP contribution in [0.3, 0.4) is 0 Å². The van der Waals surface area contributed by atoms with E-state index < -0.39 is 0 Å². The van der Waals surface area contributed by atoms with Gasteiger partial charge < -0.3 is 10.2 Å². The van der Waals surface area contributed by atoms with Gasteiger partial charge in [-0.1, -0.05) is 37.3 Å². The smallest absolute Gasteiger partial charge is 0.237 e. The molecular weight excluding hydrogens is 340 g/mol. The Morgan fingerprint density at radius 3 is 2.19 bits per heavy atom. The minimum atomic E-state index is 0.0916. The Morgan fingerprint density at radius 2 is 1.63 bits per heavy atom. The number of benzene rings is 1.